The van der Waals surface area contributed by atoms with Crippen LogP contribution in [0.5, 0.6) is 5.19 Å². The van der Waals surface area contributed by atoms with E-state index in [1.165, 1.54) is 11.3 Å². The van der Waals surface area contributed by atoms with Gasteiger partial charge in [-0.1, -0.05) is 11.3 Å². The van der Waals surface area contributed by atoms with Crippen molar-refractivity contribution in [3.8, 4) is 5.19 Å². The van der Waals surface area contributed by atoms with E-state index in [1.54, 1.807) is 21.1 Å². The van der Waals surface area contributed by atoms with Crippen LogP contribution in [0.1, 0.15) is 39.8 Å². The molecule has 4 N–H and O–H groups in total. The molecule has 0 saturated heterocycles. The number of hydrogen-bond acceptors (Lipinski definition) is 8. The van der Waals surface area contributed by atoms with Gasteiger partial charge in [0.25, 0.3) is 11.1 Å². The van der Waals surface area contributed by atoms with Gasteiger partial charge in [-0.15, -0.1) is 0 Å². The Morgan fingerprint density at radius 1 is 1.38 bits per heavy atom. The number of thiazole rings is 1. The average Bonchev–Trinajstić information content (AvgIpc) is 2.90. The van der Waals surface area contributed by atoms with E-state index in [-0.39, 0.29) is 23.8 Å². The predicted octanol–water partition coefficient (Wildman–Crippen LogP) is 1.55. The predicted molar refractivity (Wildman–Crippen MR) is 92.6 cm³/mol. The summed E-state index contributed by atoms with van der Waals surface area (Å²) in [6.45, 7) is 1.81. The van der Waals surface area contributed by atoms with Gasteiger partial charge in [0, 0.05) is 25.1 Å². The number of carbonyl (C=O) groups excluding carboxylic acids is 1. The first-order valence-electron chi connectivity index (χ1n) is 7.64. The number of nitrogens with two attached hydrogens (primary N) is 1. The highest BCUT2D eigenvalue weighted by Gasteiger charge is 2.33. The molecule has 1 aliphatic rings. The quantitative estimate of drug-likeness (QED) is 0.751. The Hall–Kier alpha value is -2.42. The maximum absolute atomic E-state index is 12.3. The topological polar surface area (TPSA) is 115 Å². The van der Waals surface area contributed by atoms with Crippen molar-refractivity contribution in [2.75, 3.05) is 25.2 Å². The molecule has 1 amide bonds. The van der Waals surface area contributed by atoms with Crippen molar-refractivity contribution in [2.45, 2.75) is 31.7 Å². The number of nitrogens with zero attached hydrogens (tertiary/aromatic N) is 3. The average molecular weight is 348 g/mol. The van der Waals surface area contributed by atoms with Crippen LogP contribution in [-0.2, 0) is 0 Å². The Bertz CT molecular complexity index is 756. The van der Waals surface area contributed by atoms with Gasteiger partial charge in [0.15, 0.2) is 0 Å². The molecule has 0 aliphatic heterocycles. The fraction of sp³-hybridized carbons (Fsp3) is 0.467. The number of methoxy groups -OCH3 is 1. The molecule has 3 rings (SSSR count). The zero-order chi connectivity index (χ0) is 17.3. The van der Waals surface area contributed by atoms with E-state index in [9.17, 15) is 4.79 Å². The van der Waals surface area contributed by atoms with Crippen LogP contribution in [0.25, 0.3) is 0 Å². The lowest BCUT2D eigenvalue weighted by atomic mass is 9.78. The molecule has 1 fully saturated rings. The number of hydrogen-bond donors (Lipinski definition) is 3. The Morgan fingerprint density at radius 2 is 2.12 bits per heavy atom. The van der Waals surface area contributed by atoms with Gasteiger partial charge < -0.3 is 21.1 Å². The second-order valence-corrected chi connectivity index (χ2v) is 6.69. The van der Waals surface area contributed by atoms with E-state index < -0.39 is 0 Å². The summed E-state index contributed by atoms with van der Waals surface area (Å²) < 4.78 is 5.07. The summed E-state index contributed by atoms with van der Waals surface area (Å²) in [4.78, 5) is 25.5. The van der Waals surface area contributed by atoms with Gasteiger partial charge in [0.1, 0.15) is 10.7 Å². The van der Waals surface area contributed by atoms with Gasteiger partial charge in [-0.25, -0.2) is 9.97 Å². The van der Waals surface area contributed by atoms with Gasteiger partial charge >= 0.3 is 0 Å². The molecule has 8 nitrogen and oxygen atoms in total. The first-order chi connectivity index (χ1) is 11.5. The van der Waals surface area contributed by atoms with Crippen LogP contribution < -0.4 is 21.1 Å². The maximum Gasteiger partial charge on any atom is 0.273 e. The van der Waals surface area contributed by atoms with Crippen LogP contribution in [0.3, 0.4) is 0 Å². The standard InChI is InChI=1S/C15H20N6O2S/c1-7-12(24-15(18-7)23-3)13(22)19-9-4-8(5-9)10-6-11(17-2)21-14(16)20-10/h6,8-9H,4-5H2,1-3H3,(H,19,22)(H3,16,17,20,21). The van der Waals surface area contributed by atoms with Crippen LogP contribution in [-0.4, -0.2) is 41.1 Å². The Kier molecular flexibility index (Phi) is 4.52. The summed E-state index contributed by atoms with van der Waals surface area (Å²) in [6.07, 6.45) is 1.67. The first kappa shape index (κ1) is 16.4. The van der Waals surface area contributed by atoms with E-state index in [4.69, 9.17) is 10.5 Å². The normalized spacial score (nSPS) is 19.5. The summed E-state index contributed by atoms with van der Waals surface area (Å²) in [7, 11) is 3.34. The first-order valence-corrected chi connectivity index (χ1v) is 8.46. The van der Waals surface area contributed by atoms with Crippen LogP contribution in [0.15, 0.2) is 6.07 Å². The summed E-state index contributed by atoms with van der Waals surface area (Å²) in [6, 6.07) is 2.03. The lowest BCUT2D eigenvalue weighted by Crippen LogP contribution is -2.43. The molecule has 1 aliphatic carbocycles. The molecule has 0 bridgehead atoms. The molecule has 2 aromatic rings. The van der Waals surface area contributed by atoms with Crippen LogP contribution >= 0.6 is 11.3 Å². The monoisotopic (exact) mass is 348 g/mol. The highest BCUT2D eigenvalue weighted by atomic mass is 32.1. The van der Waals surface area contributed by atoms with E-state index in [1.807, 2.05) is 6.07 Å². The van der Waals surface area contributed by atoms with Crippen molar-refractivity contribution in [2.24, 2.45) is 0 Å². The van der Waals surface area contributed by atoms with Gasteiger partial charge in [0.2, 0.25) is 5.95 Å². The van der Waals surface area contributed by atoms with Crippen molar-refractivity contribution in [3.05, 3.63) is 22.3 Å². The van der Waals surface area contributed by atoms with Crippen LogP contribution in [0.2, 0.25) is 0 Å². The third kappa shape index (κ3) is 3.25. The molecule has 0 unspecified atom stereocenters. The van der Waals surface area contributed by atoms with Crippen molar-refractivity contribution >= 4 is 29.0 Å². The molecule has 24 heavy (non-hydrogen) atoms. The number of aryl methyl sites for hydroxylation is 1. The smallest absolute Gasteiger partial charge is 0.273 e. The molecule has 1 saturated carbocycles. The highest BCUT2D eigenvalue weighted by Crippen LogP contribution is 2.37. The van der Waals surface area contributed by atoms with E-state index >= 15 is 0 Å². The SMILES string of the molecule is CNc1cc(C2CC(NC(=O)c3sc(OC)nc3C)C2)nc(N)n1. The number of rotatable bonds is 5. The summed E-state index contributed by atoms with van der Waals surface area (Å²) in [5.74, 6) is 1.15. The minimum absolute atomic E-state index is 0.102. The number of carbonyl (C=O) groups is 1. The number of amides is 1. The third-order valence-corrected chi connectivity index (χ3v) is 5.19. The Labute approximate surface area is 143 Å². The second kappa shape index (κ2) is 6.60. The van der Waals surface area contributed by atoms with Gasteiger partial charge in [0.05, 0.1) is 18.5 Å². The van der Waals surface area contributed by atoms with Crippen molar-refractivity contribution in [1.82, 2.24) is 20.3 Å². The largest absolute Gasteiger partial charge is 0.473 e. The number of ether oxygens (including phenoxy) is 1. The molecule has 0 radical (unpaired) electrons. The molecule has 0 spiro atoms. The molecular formula is C15H20N6O2S. The zero-order valence-electron chi connectivity index (χ0n) is 13.8. The van der Waals surface area contributed by atoms with Gasteiger partial charge in [-0.05, 0) is 19.8 Å². The Morgan fingerprint density at radius 3 is 2.75 bits per heavy atom. The molecule has 2 aromatic heterocycles. The number of anilines is 2. The molecule has 0 aromatic carbocycles. The second-order valence-electron chi connectivity index (χ2n) is 5.72. The number of nitrogen functional groups attached to an aromatic ring is 1. The highest BCUT2D eigenvalue weighted by molar-refractivity contribution is 7.15. The maximum atomic E-state index is 12.3. The lowest BCUT2D eigenvalue weighted by molar-refractivity contribution is 0.0911. The molecule has 128 valence electrons. The minimum atomic E-state index is -0.102. The van der Waals surface area contributed by atoms with E-state index in [0.29, 0.717) is 21.6 Å². The fourth-order valence-corrected chi connectivity index (χ4v) is 3.51. The van der Waals surface area contributed by atoms with Crippen molar-refractivity contribution in [3.63, 3.8) is 0 Å². The van der Waals surface area contributed by atoms with Crippen molar-refractivity contribution in [1.29, 1.82) is 0 Å². The summed E-state index contributed by atoms with van der Waals surface area (Å²) in [5.41, 5.74) is 7.32. The summed E-state index contributed by atoms with van der Waals surface area (Å²) in [5, 5.41) is 6.51. The molecule has 9 heteroatoms. The lowest BCUT2D eigenvalue weighted by Gasteiger charge is -2.35. The van der Waals surface area contributed by atoms with Crippen LogP contribution in [0.4, 0.5) is 11.8 Å². The van der Waals surface area contributed by atoms with E-state index in [0.717, 1.165) is 18.5 Å². The fourth-order valence-electron chi connectivity index (χ4n) is 2.72. The van der Waals surface area contributed by atoms with E-state index in [2.05, 4.69) is 25.6 Å². The number of nitrogens with one attached hydrogen (secondary N) is 2. The van der Waals surface area contributed by atoms with Gasteiger partial charge in [-0.3, -0.25) is 4.79 Å². The van der Waals surface area contributed by atoms with Crippen molar-refractivity contribution < 1.29 is 9.53 Å². The van der Waals surface area contributed by atoms with Crippen LogP contribution in [0, 0.1) is 6.92 Å². The van der Waals surface area contributed by atoms with Gasteiger partial charge in [-0.2, -0.15) is 4.98 Å². The minimum Gasteiger partial charge on any atom is -0.473 e. The number of aromatic nitrogens is 3. The Balaban J connectivity index is 1.60. The zero-order valence-corrected chi connectivity index (χ0v) is 14.6. The third-order valence-electron chi connectivity index (χ3n) is 4.07. The molecular weight excluding hydrogens is 328 g/mol. The summed E-state index contributed by atoms with van der Waals surface area (Å²) >= 11 is 1.26. The molecule has 0 atom stereocenters. The molecule has 2 heterocycles.